The molecule has 0 saturated carbocycles. The fourth-order valence-corrected chi connectivity index (χ4v) is 1.64. The van der Waals surface area contributed by atoms with Crippen LogP contribution in [0.25, 0.3) is 0 Å². The highest BCUT2D eigenvalue weighted by atomic mass is 16.5. The van der Waals surface area contributed by atoms with Gasteiger partial charge in [0.1, 0.15) is 0 Å². The highest BCUT2D eigenvalue weighted by Crippen LogP contribution is 2.16. The number of nitrogens with one attached hydrogen (secondary N) is 1. The molecule has 0 heterocycles. The van der Waals surface area contributed by atoms with Gasteiger partial charge in [0, 0.05) is 13.1 Å². The summed E-state index contributed by atoms with van der Waals surface area (Å²) >= 11 is 0. The van der Waals surface area contributed by atoms with Crippen molar-refractivity contribution < 1.29 is 14.9 Å². The lowest BCUT2D eigenvalue weighted by Gasteiger charge is -2.13. The molecule has 0 radical (unpaired) electrons. The minimum atomic E-state index is -0.498. The molecule has 0 fully saturated rings. The van der Waals surface area contributed by atoms with Gasteiger partial charge < -0.3 is 20.3 Å². The van der Waals surface area contributed by atoms with Gasteiger partial charge in [0.05, 0.1) is 25.9 Å². The second kappa shape index (κ2) is 8.21. The summed E-state index contributed by atoms with van der Waals surface area (Å²) in [6.07, 6.45) is -0.498. The second-order valence-corrected chi connectivity index (χ2v) is 4.40. The summed E-state index contributed by atoms with van der Waals surface area (Å²) in [5.41, 5.74) is 3.36. The van der Waals surface area contributed by atoms with Crippen LogP contribution in [0, 0.1) is 13.8 Å². The zero-order valence-electron chi connectivity index (χ0n) is 11.1. The Labute approximate surface area is 109 Å². The molecule has 102 valence electrons. The Hall–Kier alpha value is -0.940. The number of aryl methyl sites for hydroxylation is 2. The molecule has 0 aliphatic rings. The molecule has 0 aliphatic heterocycles. The number of aliphatic hydroxyl groups excluding tert-OH is 2. The van der Waals surface area contributed by atoms with Crippen LogP contribution in [-0.2, 0) is 4.74 Å². The highest BCUT2D eigenvalue weighted by molar-refractivity contribution is 5.31. The molecule has 1 aromatic rings. The number of rotatable bonds is 8. The second-order valence-electron chi connectivity index (χ2n) is 4.40. The van der Waals surface area contributed by atoms with E-state index < -0.39 is 6.10 Å². The van der Waals surface area contributed by atoms with E-state index in [1.54, 1.807) is 0 Å². The molecule has 1 atom stereocenters. The van der Waals surface area contributed by atoms with Crippen molar-refractivity contribution in [2.45, 2.75) is 20.0 Å². The van der Waals surface area contributed by atoms with E-state index in [9.17, 15) is 5.11 Å². The van der Waals surface area contributed by atoms with Crippen molar-refractivity contribution in [3.63, 3.8) is 0 Å². The van der Waals surface area contributed by atoms with Gasteiger partial charge in [-0.05, 0) is 30.5 Å². The molecular weight excluding hydrogens is 230 g/mol. The molecule has 0 aromatic heterocycles. The van der Waals surface area contributed by atoms with Crippen molar-refractivity contribution in [1.82, 2.24) is 5.32 Å². The van der Waals surface area contributed by atoms with Gasteiger partial charge in [-0.1, -0.05) is 18.2 Å². The maximum absolute atomic E-state index is 10.00. The lowest BCUT2D eigenvalue weighted by Crippen LogP contribution is -2.25. The van der Waals surface area contributed by atoms with Crippen molar-refractivity contribution >= 4 is 0 Å². The molecule has 4 nitrogen and oxygen atoms in total. The molecule has 1 unspecified atom stereocenters. The smallest absolute Gasteiger partial charge is 0.0914 e. The molecule has 0 spiro atoms. The number of hydrogen-bond donors (Lipinski definition) is 3. The molecule has 18 heavy (non-hydrogen) atoms. The van der Waals surface area contributed by atoms with E-state index in [1.165, 1.54) is 11.1 Å². The first kappa shape index (κ1) is 15.1. The molecule has 0 bridgehead atoms. The maximum Gasteiger partial charge on any atom is 0.0914 e. The minimum Gasteiger partial charge on any atom is -0.394 e. The minimum absolute atomic E-state index is 0.0469. The summed E-state index contributed by atoms with van der Waals surface area (Å²) in [4.78, 5) is 0. The Morgan fingerprint density at radius 3 is 2.67 bits per heavy atom. The largest absolute Gasteiger partial charge is 0.394 e. The van der Waals surface area contributed by atoms with Crippen molar-refractivity contribution in [3.05, 3.63) is 34.9 Å². The SMILES string of the molecule is Cc1ccc(C(O)CNCCOCCO)cc1C. The Morgan fingerprint density at radius 2 is 2.00 bits per heavy atom. The van der Waals surface area contributed by atoms with Crippen molar-refractivity contribution in [2.24, 2.45) is 0 Å². The standard InChI is InChI=1S/C14H23NO3/c1-11-3-4-13(9-12(11)2)14(17)10-15-5-7-18-8-6-16/h3-4,9,14-17H,5-8,10H2,1-2H3. The van der Waals surface area contributed by atoms with Gasteiger partial charge in [-0.15, -0.1) is 0 Å². The summed E-state index contributed by atoms with van der Waals surface area (Å²) in [5, 5.41) is 21.6. The molecular formula is C14H23NO3. The average Bonchev–Trinajstić information content (AvgIpc) is 2.36. The maximum atomic E-state index is 10.00. The van der Waals surface area contributed by atoms with Gasteiger partial charge in [0.15, 0.2) is 0 Å². The van der Waals surface area contributed by atoms with E-state index in [-0.39, 0.29) is 6.61 Å². The third-order valence-corrected chi connectivity index (χ3v) is 2.91. The van der Waals surface area contributed by atoms with E-state index in [0.717, 1.165) is 5.56 Å². The lowest BCUT2D eigenvalue weighted by molar-refractivity contribution is 0.0910. The number of benzene rings is 1. The summed E-state index contributed by atoms with van der Waals surface area (Å²) in [7, 11) is 0. The first-order chi connectivity index (χ1) is 8.65. The van der Waals surface area contributed by atoms with E-state index in [1.807, 2.05) is 25.1 Å². The van der Waals surface area contributed by atoms with E-state index in [4.69, 9.17) is 9.84 Å². The van der Waals surface area contributed by atoms with Crippen LogP contribution in [0.1, 0.15) is 22.8 Å². The molecule has 1 aromatic carbocycles. The van der Waals surface area contributed by atoms with Gasteiger partial charge in [-0.3, -0.25) is 0 Å². The van der Waals surface area contributed by atoms with Gasteiger partial charge in [-0.2, -0.15) is 0 Å². The van der Waals surface area contributed by atoms with Crippen LogP contribution in [0.4, 0.5) is 0 Å². The fraction of sp³-hybridized carbons (Fsp3) is 0.571. The number of hydrogen-bond acceptors (Lipinski definition) is 4. The van der Waals surface area contributed by atoms with Crippen LogP contribution in [0.5, 0.6) is 0 Å². The van der Waals surface area contributed by atoms with Crippen molar-refractivity contribution in [1.29, 1.82) is 0 Å². The Balaban J connectivity index is 2.27. The van der Waals surface area contributed by atoms with Gasteiger partial charge >= 0.3 is 0 Å². The molecule has 1 rings (SSSR count). The molecule has 0 amide bonds. The van der Waals surface area contributed by atoms with Gasteiger partial charge in [-0.25, -0.2) is 0 Å². The summed E-state index contributed by atoms with van der Waals surface area (Å²) < 4.78 is 5.11. The number of aliphatic hydroxyl groups is 2. The van der Waals surface area contributed by atoms with Crippen LogP contribution >= 0.6 is 0 Å². The lowest BCUT2D eigenvalue weighted by atomic mass is 10.0. The Kier molecular flexibility index (Phi) is 6.90. The first-order valence-corrected chi connectivity index (χ1v) is 6.29. The Morgan fingerprint density at radius 1 is 1.22 bits per heavy atom. The van der Waals surface area contributed by atoms with Crippen LogP contribution < -0.4 is 5.32 Å². The summed E-state index contributed by atoms with van der Waals surface area (Å²) in [6.45, 7) is 6.23. The number of ether oxygens (including phenoxy) is 1. The zero-order chi connectivity index (χ0) is 13.4. The molecule has 3 N–H and O–H groups in total. The molecule has 4 heteroatoms. The Bertz CT molecular complexity index is 355. The van der Waals surface area contributed by atoms with Gasteiger partial charge in [0.2, 0.25) is 0 Å². The van der Waals surface area contributed by atoms with Crippen molar-refractivity contribution in [2.75, 3.05) is 32.9 Å². The highest BCUT2D eigenvalue weighted by Gasteiger charge is 2.07. The predicted molar refractivity (Wildman–Crippen MR) is 71.7 cm³/mol. The van der Waals surface area contributed by atoms with E-state index >= 15 is 0 Å². The van der Waals surface area contributed by atoms with Crippen LogP contribution in [0.2, 0.25) is 0 Å². The van der Waals surface area contributed by atoms with E-state index in [2.05, 4.69) is 12.2 Å². The molecule has 0 aliphatic carbocycles. The first-order valence-electron chi connectivity index (χ1n) is 6.29. The van der Waals surface area contributed by atoms with Gasteiger partial charge in [0.25, 0.3) is 0 Å². The van der Waals surface area contributed by atoms with E-state index in [0.29, 0.717) is 26.3 Å². The summed E-state index contributed by atoms with van der Waals surface area (Å²) in [5.74, 6) is 0. The fourth-order valence-electron chi connectivity index (χ4n) is 1.64. The summed E-state index contributed by atoms with van der Waals surface area (Å²) in [6, 6.07) is 6.00. The van der Waals surface area contributed by atoms with Crippen LogP contribution in [0.15, 0.2) is 18.2 Å². The molecule has 0 saturated heterocycles. The average molecular weight is 253 g/mol. The topological polar surface area (TPSA) is 61.7 Å². The monoisotopic (exact) mass is 253 g/mol. The van der Waals surface area contributed by atoms with Crippen LogP contribution in [-0.4, -0.2) is 43.1 Å². The third kappa shape index (κ3) is 5.14. The zero-order valence-corrected chi connectivity index (χ0v) is 11.1. The predicted octanol–water partition coefficient (Wildman–Crippen LogP) is 0.935. The normalized spacial score (nSPS) is 12.7. The van der Waals surface area contributed by atoms with Crippen LogP contribution in [0.3, 0.4) is 0 Å². The van der Waals surface area contributed by atoms with Crippen molar-refractivity contribution in [3.8, 4) is 0 Å². The quantitative estimate of drug-likeness (QED) is 0.603. The third-order valence-electron chi connectivity index (χ3n) is 2.91.